The van der Waals surface area contributed by atoms with Crippen LogP contribution in [-0.4, -0.2) is 14.8 Å². The van der Waals surface area contributed by atoms with E-state index in [0.29, 0.717) is 0 Å². The average Bonchev–Trinajstić information content (AvgIpc) is 2.16. The van der Waals surface area contributed by atoms with Crippen molar-refractivity contribution in [1.29, 1.82) is 5.26 Å². The first kappa shape index (κ1) is 14.6. The van der Waals surface area contributed by atoms with Crippen molar-refractivity contribution >= 4 is 19.7 Å². The fraction of sp³-hybridized carbons (Fsp3) is 0.222. The number of halogens is 4. The summed E-state index contributed by atoms with van der Waals surface area (Å²) in [6.45, 7) is 1.36. The summed E-state index contributed by atoms with van der Waals surface area (Å²) >= 11 is 0. The summed E-state index contributed by atoms with van der Waals surface area (Å²) in [7, 11) is 0.476. The van der Waals surface area contributed by atoms with E-state index in [1.807, 2.05) is 0 Å². The van der Waals surface area contributed by atoms with Crippen molar-refractivity contribution in [1.82, 2.24) is 0 Å². The highest BCUT2D eigenvalue weighted by molar-refractivity contribution is 8.13. The summed E-state index contributed by atoms with van der Waals surface area (Å²) in [6.07, 6.45) is -5.09. The molecule has 0 aliphatic heterocycles. The molecule has 0 aromatic heterocycles. The highest BCUT2D eigenvalue weighted by Gasteiger charge is 2.35. The number of aryl methyl sites for hydroxylation is 1. The van der Waals surface area contributed by atoms with Crippen molar-refractivity contribution in [3.63, 3.8) is 0 Å². The molecule has 0 amide bonds. The van der Waals surface area contributed by atoms with Crippen molar-refractivity contribution in [3.05, 3.63) is 23.3 Å². The van der Waals surface area contributed by atoms with Crippen molar-refractivity contribution in [2.45, 2.75) is 18.2 Å². The maximum Gasteiger partial charge on any atom is 0.573 e. The molecule has 1 aromatic carbocycles. The third-order valence-corrected chi connectivity index (χ3v) is 3.27. The molecule has 1 aromatic rings. The Balaban J connectivity index is 3.61. The molecule has 98 valence electrons. The van der Waals surface area contributed by atoms with Gasteiger partial charge in [0.05, 0.1) is 5.56 Å². The number of rotatable bonds is 2. The van der Waals surface area contributed by atoms with Crippen LogP contribution in [0.4, 0.5) is 13.2 Å². The van der Waals surface area contributed by atoms with E-state index >= 15 is 0 Å². The van der Waals surface area contributed by atoms with Gasteiger partial charge in [-0.05, 0) is 18.6 Å². The van der Waals surface area contributed by atoms with Crippen molar-refractivity contribution in [2.24, 2.45) is 0 Å². The monoisotopic (exact) mass is 299 g/mol. The number of nitrogens with zero attached hydrogens (tertiary/aromatic N) is 1. The Labute approximate surface area is 105 Å². The molecular weight excluding hydrogens is 295 g/mol. The van der Waals surface area contributed by atoms with Gasteiger partial charge in [-0.1, -0.05) is 6.07 Å². The molecule has 18 heavy (non-hydrogen) atoms. The SMILES string of the molecule is Cc1ccc(OC(F)(F)F)c(S(=O)(=O)Cl)c1C#N. The zero-order valence-electron chi connectivity index (χ0n) is 8.75. The lowest BCUT2D eigenvalue weighted by Gasteiger charge is -2.13. The predicted molar refractivity (Wildman–Crippen MR) is 55.6 cm³/mol. The zero-order chi connectivity index (χ0) is 14.1. The van der Waals surface area contributed by atoms with Crippen LogP contribution in [0.25, 0.3) is 0 Å². The van der Waals surface area contributed by atoms with Gasteiger partial charge in [-0.2, -0.15) is 5.26 Å². The van der Waals surface area contributed by atoms with Gasteiger partial charge in [0, 0.05) is 10.7 Å². The van der Waals surface area contributed by atoms with Crippen LogP contribution in [0.1, 0.15) is 11.1 Å². The molecule has 0 atom stereocenters. The first-order valence-electron chi connectivity index (χ1n) is 4.30. The van der Waals surface area contributed by atoms with E-state index in [4.69, 9.17) is 15.9 Å². The summed E-state index contributed by atoms with van der Waals surface area (Å²) in [4.78, 5) is -0.982. The molecule has 0 aliphatic rings. The lowest BCUT2D eigenvalue weighted by molar-refractivity contribution is -0.275. The largest absolute Gasteiger partial charge is 0.573 e. The first-order valence-corrected chi connectivity index (χ1v) is 6.61. The van der Waals surface area contributed by atoms with Gasteiger partial charge in [-0.25, -0.2) is 8.42 Å². The van der Waals surface area contributed by atoms with Gasteiger partial charge in [-0.3, -0.25) is 0 Å². The Bertz CT molecular complexity index is 619. The molecule has 0 fully saturated rings. The minimum Gasteiger partial charge on any atom is -0.404 e. The van der Waals surface area contributed by atoms with Crippen molar-refractivity contribution in [3.8, 4) is 11.8 Å². The predicted octanol–water partition coefficient (Wildman–Crippen LogP) is 2.69. The minimum absolute atomic E-state index is 0.172. The highest BCUT2D eigenvalue weighted by Crippen LogP contribution is 2.35. The third kappa shape index (κ3) is 3.27. The second-order valence-corrected chi connectivity index (χ2v) is 5.68. The summed E-state index contributed by atoms with van der Waals surface area (Å²) in [5.41, 5.74) is -0.307. The van der Waals surface area contributed by atoms with Crippen LogP contribution in [0.5, 0.6) is 5.75 Å². The third-order valence-electron chi connectivity index (χ3n) is 1.91. The van der Waals surface area contributed by atoms with Gasteiger partial charge in [0.15, 0.2) is 5.75 Å². The van der Waals surface area contributed by atoms with Crippen LogP contribution >= 0.6 is 10.7 Å². The van der Waals surface area contributed by atoms with E-state index in [2.05, 4.69) is 4.74 Å². The molecule has 0 bridgehead atoms. The fourth-order valence-corrected chi connectivity index (χ4v) is 2.51. The molecule has 0 saturated heterocycles. The average molecular weight is 300 g/mol. The number of benzene rings is 1. The van der Waals surface area contributed by atoms with Crippen LogP contribution in [-0.2, 0) is 9.05 Å². The number of nitriles is 1. The Hall–Kier alpha value is -1.46. The van der Waals surface area contributed by atoms with Crippen LogP contribution in [0.3, 0.4) is 0 Å². The maximum atomic E-state index is 12.1. The topological polar surface area (TPSA) is 67.2 Å². The lowest BCUT2D eigenvalue weighted by Crippen LogP contribution is -2.19. The molecule has 0 spiro atoms. The summed E-state index contributed by atoms with van der Waals surface area (Å²) in [6, 6.07) is 3.41. The Kier molecular flexibility index (Phi) is 3.78. The second-order valence-electron chi connectivity index (χ2n) is 3.18. The molecule has 0 N–H and O–H groups in total. The molecule has 0 aliphatic carbocycles. The van der Waals surface area contributed by atoms with Gasteiger partial charge in [-0.15, -0.1) is 13.2 Å². The standard InChI is InChI=1S/C9H5ClF3NO3S/c1-5-2-3-7(17-9(11,12)13)8(6(5)4-14)18(10,15)16/h2-3H,1H3. The molecule has 0 unspecified atom stereocenters. The quantitative estimate of drug-likeness (QED) is 0.787. The van der Waals surface area contributed by atoms with Crippen LogP contribution in [0.2, 0.25) is 0 Å². The Morgan fingerprint density at radius 2 is 1.94 bits per heavy atom. The highest BCUT2D eigenvalue weighted by atomic mass is 35.7. The Morgan fingerprint density at radius 3 is 2.33 bits per heavy atom. The van der Waals surface area contributed by atoms with E-state index in [-0.39, 0.29) is 5.56 Å². The summed E-state index contributed by atoms with van der Waals surface area (Å²) < 4.78 is 62.3. The molecule has 0 saturated carbocycles. The molecule has 1 rings (SSSR count). The Morgan fingerprint density at radius 1 is 1.39 bits per heavy atom. The maximum absolute atomic E-state index is 12.1. The van der Waals surface area contributed by atoms with Crippen molar-refractivity contribution in [2.75, 3.05) is 0 Å². The molecule has 4 nitrogen and oxygen atoms in total. The summed E-state index contributed by atoms with van der Waals surface area (Å²) in [5, 5.41) is 8.78. The van der Waals surface area contributed by atoms with Crippen LogP contribution in [0, 0.1) is 18.3 Å². The van der Waals surface area contributed by atoms with E-state index < -0.39 is 31.6 Å². The van der Waals surface area contributed by atoms with Crippen LogP contribution < -0.4 is 4.74 Å². The van der Waals surface area contributed by atoms with Gasteiger partial charge in [0.1, 0.15) is 11.0 Å². The second kappa shape index (κ2) is 4.66. The number of hydrogen-bond acceptors (Lipinski definition) is 4. The number of alkyl halides is 3. The number of ether oxygens (including phenoxy) is 1. The molecule has 0 radical (unpaired) electrons. The summed E-state index contributed by atoms with van der Waals surface area (Å²) in [5.74, 6) is -1.03. The minimum atomic E-state index is -5.09. The van der Waals surface area contributed by atoms with Crippen molar-refractivity contribution < 1.29 is 26.3 Å². The van der Waals surface area contributed by atoms with Gasteiger partial charge in [0.25, 0.3) is 9.05 Å². The number of hydrogen-bond donors (Lipinski definition) is 0. The molecule has 0 heterocycles. The van der Waals surface area contributed by atoms with E-state index in [9.17, 15) is 21.6 Å². The smallest absolute Gasteiger partial charge is 0.404 e. The molecular formula is C9H5ClF3NO3S. The first-order chi connectivity index (χ1) is 8.06. The van der Waals surface area contributed by atoms with E-state index in [0.717, 1.165) is 12.1 Å². The van der Waals surface area contributed by atoms with Gasteiger partial charge < -0.3 is 4.74 Å². The lowest BCUT2D eigenvalue weighted by atomic mass is 10.1. The van der Waals surface area contributed by atoms with Gasteiger partial charge in [0.2, 0.25) is 0 Å². The van der Waals surface area contributed by atoms with Crippen LogP contribution in [0.15, 0.2) is 17.0 Å². The molecule has 9 heteroatoms. The van der Waals surface area contributed by atoms with E-state index in [1.165, 1.54) is 13.0 Å². The fourth-order valence-electron chi connectivity index (χ4n) is 1.25. The van der Waals surface area contributed by atoms with Gasteiger partial charge >= 0.3 is 6.36 Å². The normalized spacial score (nSPS) is 12.0. The van der Waals surface area contributed by atoms with E-state index in [1.54, 1.807) is 0 Å². The zero-order valence-corrected chi connectivity index (χ0v) is 10.3.